The second kappa shape index (κ2) is 11.8. The van der Waals surface area contributed by atoms with Crippen molar-refractivity contribution in [2.75, 3.05) is 32.6 Å². The van der Waals surface area contributed by atoms with Gasteiger partial charge in [0.15, 0.2) is 30.5 Å². The Bertz CT molecular complexity index is 840. The minimum absolute atomic E-state index is 0.109. The van der Waals surface area contributed by atoms with Crippen LogP contribution in [0.25, 0.3) is 0 Å². The SMILES string of the molecule is COc1cc(C(C)=O)ccc1OCC(=O)OCC(=O)NCCSc1ccccc1. The average molecular weight is 417 g/mol. The molecule has 0 spiro atoms. The molecule has 0 aliphatic carbocycles. The van der Waals surface area contributed by atoms with Crippen molar-refractivity contribution >= 4 is 29.4 Å². The Kier molecular flexibility index (Phi) is 9.04. The second-order valence-electron chi connectivity index (χ2n) is 5.88. The zero-order valence-electron chi connectivity index (χ0n) is 16.3. The fourth-order valence-electron chi connectivity index (χ4n) is 2.26. The van der Waals surface area contributed by atoms with E-state index in [2.05, 4.69) is 5.32 Å². The van der Waals surface area contributed by atoms with E-state index in [1.54, 1.807) is 23.9 Å². The number of esters is 1. The molecule has 7 nitrogen and oxygen atoms in total. The van der Waals surface area contributed by atoms with E-state index in [1.807, 2.05) is 30.3 Å². The van der Waals surface area contributed by atoms with Gasteiger partial charge in [-0.1, -0.05) is 18.2 Å². The summed E-state index contributed by atoms with van der Waals surface area (Å²) in [5.41, 5.74) is 0.471. The number of rotatable bonds is 11. The number of nitrogens with one attached hydrogen (secondary N) is 1. The van der Waals surface area contributed by atoms with Crippen LogP contribution in [-0.4, -0.2) is 50.3 Å². The molecular formula is C21H23NO6S. The molecule has 1 amide bonds. The molecule has 0 atom stereocenters. The van der Waals surface area contributed by atoms with Gasteiger partial charge in [-0.15, -0.1) is 11.8 Å². The van der Waals surface area contributed by atoms with Crippen molar-refractivity contribution in [3.63, 3.8) is 0 Å². The van der Waals surface area contributed by atoms with Crippen LogP contribution in [0.15, 0.2) is 53.4 Å². The summed E-state index contributed by atoms with van der Waals surface area (Å²) in [7, 11) is 1.44. The lowest BCUT2D eigenvalue weighted by molar-refractivity contribution is -0.150. The van der Waals surface area contributed by atoms with E-state index in [4.69, 9.17) is 14.2 Å². The highest BCUT2D eigenvalue weighted by atomic mass is 32.2. The summed E-state index contributed by atoms with van der Waals surface area (Å²) in [6.07, 6.45) is 0. The van der Waals surface area contributed by atoms with Gasteiger partial charge in [0, 0.05) is 22.8 Å². The molecule has 0 bridgehead atoms. The third-order valence-corrected chi connectivity index (χ3v) is 4.73. The molecule has 1 N–H and O–H groups in total. The van der Waals surface area contributed by atoms with Gasteiger partial charge in [-0.2, -0.15) is 0 Å². The highest BCUT2D eigenvalue weighted by Crippen LogP contribution is 2.28. The summed E-state index contributed by atoms with van der Waals surface area (Å²) in [4.78, 5) is 36.0. The van der Waals surface area contributed by atoms with E-state index in [0.717, 1.165) is 4.90 Å². The molecule has 0 saturated carbocycles. The van der Waals surface area contributed by atoms with Crippen LogP contribution < -0.4 is 14.8 Å². The van der Waals surface area contributed by atoms with E-state index < -0.39 is 5.97 Å². The van der Waals surface area contributed by atoms with Crippen LogP contribution in [0, 0.1) is 0 Å². The van der Waals surface area contributed by atoms with Gasteiger partial charge < -0.3 is 19.5 Å². The molecule has 2 aromatic rings. The van der Waals surface area contributed by atoms with E-state index >= 15 is 0 Å². The summed E-state index contributed by atoms with van der Waals surface area (Å²) in [6.45, 7) is 1.15. The molecule has 0 aromatic heterocycles. The van der Waals surface area contributed by atoms with Gasteiger partial charge in [-0.3, -0.25) is 9.59 Å². The molecular weight excluding hydrogens is 394 g/mol. The minimum atomic E-state index is -0.684. The number of ether oxygens (including phenoxy) is 3. The van der Waals surface area contributed by atoms with E-state index in [-0.39, 0.29) is 24.9 Å². The fraction of sp³-hybridized carbons (Fsp3) is 0.286. The number of methoxy groups -OCH3 is 1. The first-order valence-corrected chi connectivity index (χ1v) is 9.90. The summed E-state index contributed by atoms with van der Waals surface area (Å²) in [5, 5.41) is 2.69. The van der Waals surface area contributed by atoms with Crippen molar-refractivity contribution in [2.24, 2.45) is 0 Å². The molecule has 0 saturated heterocycles. The maximum atomic E-state index is 11.8. The van der Waals surface area contributed by atoms with Crippen LogP contribution in [0.1, 0.15) is 17.3 Å². The fourth-order valence-corrected chi connectivity index (χ4v) is 3.05. The Morgan fingerprint density at radius 3 is 2.45 bits per heavy atom. The van der Waals surface area contributed by atoms with Crippen LogP contribution >= 0.6 is 11.8 Å². The minimum Gasteiger partial charge on any atom is -0.493 e. The van der Waals surface area contributed by atoms with Gasteiger partial charge in [0.1, 0.15) is 0 Å². The largest absolute Gasteiger partial charge is 0.493 e. The van der Waals surface area contributed by atoms with Crippen LogP contribution in [-0.2, 0) is 14.3 Å². The summed E-state index contributed by atoms with van der Waals surface area (Å²) in [6, 6.07) is 14.5. The number of amides is 1. The van der Waals surface area contributed by atoms with Crippen LogP contribution in [0.3, 0.4) is 0 Å². The van der Waals surface area contributed by atoms with Gasteiger partial charge in [0.05, 0.1) is 7.11 Å². The lowest BCUT2D eigenvalue weighted by atomic mass is 10.1. The molecule has 0 radical (unpaired) electrons. The number of thioether (sulfide) groups is 1. The monoisotopic (exact) mass is 417 g/mol. The summed E-state index contributed by atoms with van der Waals surface area (Å²) in [5.74, 6) is 0.174. The van der Waals surface area contributed by atoms with Gasteiger partial charge in [-0.25, -0.2) is 4.79 Å². The zero-order valence-corrected chi connectivity index (χ0v) is 17.1. The maximum Gasteiger partial charge on any atom is 0.344 e. The van der Waals surface area contributed by atoms with Crippen LogP contribution in [0.4, 0.5) is 0 Å². The van der Waals surface area contributed by atoms with Crippen molar-refractivity contribution in [3.05, 3.63) is 54.1 Å². The van der Waals surface area contributed by atoms with E-state index in [1.165, 1.54) is 20.1 Å². The van der Waals surface area contributed by atoms with Crippen molar-refractivity contribution in [1.29, 1.82) is 0 Å². The van der Waals surface area contributed by atoms with Gasteiger partial charge in [0.25, 0.3) is 5.91 Å². The number of benzene rings is 2. The Balaban J connectivity index is 1.66. The quantitative estimate of drug-likeness (QED) is 0.260. The molecule has 2 rings (SSSR count). The lowest BCUT2D eigenvalue weighted by Gasteiger charge is -2.11. The molecule has 2 aromatic carbocycles. The number of Topliss-reactive ketones (excluding diaryl/α,β-unsaturated/α-hetero) is 1. The third kappa shape index (κ3) is 7.87. The second-order valence-corrected chi connectivity index (χ2v) is 7.05. The highest BCUT2D eigenvalue weighted by Gasteiger charge is 2.12. The molecule has 0 aliphatic rings. The van der Waals surface area contributed by atoms with Crippen molar-refractivity contribution in [1.82, 2.24) is 5.32 Å². The summed E-state index contributed by atoms with van der Waals surface area (Å²) < 4.78 is 15.4. The smallest absolute Gasteiger partial charge is 0.344 e. The van der Waals surface area contributed by atoms with Crippen LogP contribution in [0.2, 0.25) is 0 Å². The molecule has 0 unspecified atom stereocenters. The number of hydrogen-bond acceptors (Lipinski definition) is 7. The predicted molar refractivity (Wildman–Crippen MR) is 110 cm³/mol. The van der Waals surface area contributed by atoms with Crippen LogP contribution in [0.5, 0.6) is 11.5 Å². The van der Waals surface area contributed by atoms with Crippen molar-refractivity contribution in [2.45, 2.75) is 11.8 Å². The molecule has 0 heterocycles. The van der Waals surface area contributed by atoms with Gasteiger partial charge >= 0.3 is 5.97 Å². The number of ketones is 1. The molecule has 8 heteroatoms. The standard InChI is InChI=1S/C21H23NO6S/c1-15(23)16-8-9-18(19(12-16)26-2)27-14-21(25)28-13-20(24)22-10-11-29-17-6-4-3-5-7-17/h3-9,12H,10-11,13-14H2,1-2H3,(H,22,24). The zero-order chi connectivity index (χ0) is 21.1. The number of carbonyl (C=O) groups excluding carboxylic acids is 3. The normalized spacial score (nSPS) is 10.1. The van der Waals surface area contributed by atoms with Gasteiger partial charge in [-0.05, 0) is 37.3 Å². The van der Waals surface area contributed by atoms with E-state index in [0.29, 0.717) is 29.4 Å². The Labute approximate surface area is 173 Å². The predicted octanol–water partition coefficient (Wildman–Crippen LogP) is 2.73. The summed E-state index contributed by atoms with van der Waals surface area (Å²) >= 11 is 1.62. The molecule has 0 aliphatic heterocycles. The Morgan fingerprint density at radius 2 is 1.76 bits per heavy atom. The first kappa shape index (κ1) is 22.3. The molecule has 0 fully saturated rings. The topological polar surface area (TPSA) is 90.9 Å². The molecule has 154 valence electrons. The number of hydrogen-bond donors (Lipinski definition) is 1. The first-order valence-electron chi connectivity index (χ1n) is 8.91. The Hall–Kier alpha value is -3.00. The van der Waals surface area contributed by atoms with Gasteiger partial charge in [0.2, 0.25) is 0 Å². The van der Waals surface area contributed by atoms with Crippen molar-refractivity contribution < 1.29 is 28.6 Å². The van der Waals surface area contributed by atoms with Crippen molar-refractivity contribution in [3.8, 4) is 11.5 Å². The average Bonchev–Trinajstić information content (AvgIpc) is 2.74. The molecule has 29 heavy (non-hydrogen) atoms. The lowest BCUT2D eigenvalue weighted by Crippen LogP contribution is -2.31. The van der Waals surface area contributed by atoms with E-state index in [9.17, 15) is 14.4 Å². The maximum absolute atomic E-state index is 11.8. The highest BCUT2D eigenvalue weighted by molar-refractivity contribution is 7.99. The first-order chi connectivity index (χ1) is 14.0. The Morgan fingerprint density at radius 1 is 1.00 bits per heavy atom. The third-order valence-electron chi connectivity index (χ3n) is 3.72. The number of carbonyl (C=O) groups is 3.